The Kier molecular flexibility index (Phi) is 1.91. The lowest BCUT2D eigenvalue weighted by Crippen LogP contribution is -2.30. The zero-order valence-electron chi connectivity index (χ0n) is 9.08. The molecular formula is C11H15N3S. The van der Waals surface area contributed by atoms with Gasteiger partial charge in [-0.05, 0) is 26.8 Å². The second-order valence-electron chi connectivity index (χ2n) is 4.41. The van der Waals surface area contributed by atoms with Gasteiger partial charge in [-0.3, -0.25) is 4.40 Å². The number of aromatic nitrogens is 2. The molecule has 0 amide bonds. The van der Waals surface area contributed by atoms with Crippen molar-refractivity contribution in [3.05, 3.63) is 23.0 Å². The van der Waals surface area contributed by atoms with Crippen LogP contribution in [0.2, 0.25) is 0 Å². The van der Waals surface area contributed by atoms with E-state index in [4.69, 9.17) is 0 Å². The number of rotatable bonds is 3. The number of aryl methyl sites for hydroxylation is 1. The molecule has 3 nitrogen and oxygen atoms in total. The molecule has 0 radical (unpaired) electrons. The Morgan fingerprint density at radius 2 is 2.40 bits per heavy atom. The number of likely N-dealkylation sites (N-methyl/N-ethyl adjacent to an activating group) is 1. The van der Waals surface area contributed by atoms with Crippen LogP contribution in [-0.2, 0) is 6.42 Å². The van der Waals surface area contributed by atoms with E-state index in [9.17, 15) is 0 Å². The Balaban J connectivity index is 2.02. The molecule has 0 aliphatic heterocycles. The zero-order valence-corrected chi connectivity index (χ0v) is 9.90. The first-order valence-electron chi connectivity index (χ1n) is 5.34. The summed E-state index contributed by atoms with van der Waals surface area (Å²) in [6.07, 6.45) is 5.81. The molecule has 2 aromatic rings. The maximum absolute atomic E-state index is 4.57. The molecule has 0 saturated heterocycles. The van der Waals surface area contributed by atoms with Crippen LogP contribution in [0.15, 0.2) is 11.6 Å². The van der Waals surface area contributed by atoms with Crippen molar-refractivity contribution in [2.75, 3.05) is 7.05 Å². The standard InChI is InChI=1S/C11H15N3S/c1-8-9(7-11(12-2)3-4-11)14-5-6-15-10(14)13-8/h5-6,12H,3-4,7H2,1-2H3. The minimum atomic E-state index is 0.364. The lowest BCUT2D eigenvalue weighted by atomic mass is 10.1. The zero-order chi connectivity index (χ0) is 10.5. The summed E-state index contributed by atoms with van der Waals surface area (Å²) in [6, 6.07) is 0. The van der Waals surface area contributed by atoms with Crippen molar-refractivity contribution in [1.82, 2.24) is 14.7 Å². The molecule has 1 N–H and O–H groups in total. The fourth-order valence-electron chi connectivity index (χ4n) is 2.14. The second kappa shape index (κ2) is 3.06. The number of imidazole rings is 1. The molecular weight excluding hydrogens is 206 g/mol. The number of hydrogen-bond donors (Lipinski definition) is 1. The van der Waals surface area contributed by atoms with Crippen LogP contribution in [0, 0.1) is 6.92 Å². The molecule has 1 fully saturated rings. The Morgan fingerprint density at radius 3 is 3.07 bits per heavy atom. The number of hydrogen-bond acceptors (Lipinski definition) is 3. The van der Waals surface area contributed by atoms with Gasteiger partial charge in [0.25, 0.3) is 0 Å². The van der Waals surface area contributed by atoms with E-state index in [0.29, 0.717) is 5.54 Å². The van der Waals surface area contributed by atoms with Crippen LogP contribution in [0.25, 0.3) is 4.96 Å². The van der Waals surface area contributed by atoms with Gasteiger partial charge in [0.1, 0.15) is 0 Å². The molecule has 0 unspecified atom stereocenters. The quantitative estimate of drug-likeness (QED) is 0.859. The normalized spacial score (nSPS) is 18.5. The van der Waals surface area contributed by atoms with E-state index < -0.39 is 0 Å². The van der Waals surface area contributed by atoms with E-state index in [1.165, 1.54) is 24.2 Å². The van der Waals surface area contributed by atoms with Crippen molar-refractivity contribution >= 4 is 16.3 Å². The summed E-state index contributed by atoms with van der Waals surface area (Å²) in [7, 11) is 2.06. The molecule has 1 saturated carbocycles. The van der Waals surface area contributed by atoms with Gasteiger partial charge in [0.15, 0.2) is 4.96 Å². The SMILES string of the molecule is CNC1(Cc2c(C)nc3sccn23)CC1. The maximum Gasteiger partial charge on any atom is 0.194 e. The van der Waals surface area contributed by atoms with Crippen molar-refractivity contribution < 1.29 is 0 Å². The summed E-state index contributed by atoms with van der Waals surface area (Å²) >= 11 is 1.71. The lowest BCUT2D eigenvalue weighted by Gasteiger charge is -2.13. The number of nitrogens with one attached hydrogen (secondary N) is 1. The van der Waals surface area contributed by atoms with Crippen molar-refractivity contribution in [2.24, 2.45) is 0 Å². The number of thiazole rings is 1. The van der Waals surface area contributed by atoms with E-state index in [-0.39, 0.29) is 0 Å². The van der Waals surface area contributed by atoms with Gasteiger partial charge in [0.2, 0.25) is 0 Å². The Morgan fingerprint density at radius 1 is 1.60 bits per heavy atom. The smallest absolute Gasteiger partial charge is 0.194 e. The molecule has 2 aromatic heterocycles. The first kappa shape index (κ1) is 9.36. The van der Waals surface area contributed by atoms with Gasteiger partial charge in [0.05, 0.1) is 5.69 Å². The van der Waals surface area contributed by atoms with Crippen LogP contribution in [0.4, 0.5) is 0 Å². The predicted octanol–water partition coefficient (Wildman–Crippen LogP) is 2.00. The summed E-state index contributed by atoms with van der Waals surface area (Å²) in [5.41, 5.74) is 2.92. The molecule has 80 valence electrons. The van der Waals surface area contributed by atoms with Gasteiger partial charge >= 0.3 is 0 Å². The van der Waals surface area contributed by atoms with Crippen LogP contribution in [0.5, 0.6) is 0 Å². The van der Waals surface area contributed by atoms with Gasteiger partial charge in [-0.1, -0.05) is 0 Å². The predicted molar refractivity (Wildman–Crippen MR) is 62.5 cm³/mol. The first-order chi connectivity index (χ1) is 7.24. The second-order valence-corrected chi connectivity index (χ2v) is 5.28. The van der Waals surface area contributed by atoms with Crippen LogP contribution in [-0.4, -0.2) is 22.0 Å². The van der Waals surface area contributed by atoms with E-state index >= 15 is 0 Å². The average Bonchev–Trinajstić information content (AvgIpc) is 2.77. The third-order valence-corrected chi connectivity index (χ3v) is 4.21. The molecule has 2 heterocycles. The van der Waals surface area contributed by atoms with E-state index in [1.807, 2.05) is 0 Å². The molecule has 1 aliphatic carbocycles. The van der Waals surface area contributed by atoms with Crippen molar-refractivity contribution in [3.63, 3.8) is 0 Å². The number of fused-ring (bicyclic) bond motifs is 1. The monoisotopic (exact) mass is 221 g/mol. The summed E-state index contributed by atoms with van der Waals surface area (Å²) < 4.78 is 2.23. The molecule has 0 spiro atoms. The third kappa shape index (κ3) is 1.40. The molecule has 0 atom stereocenters. The first-order valence-corrected chi connectivity index (χ1v) is 6.22. The van der Waals surface area contributed by atoms with Gasteiger partial charge < -0.3 is 5.32 Å². The van der Waals surface area contributed by atoms with Crippen LogP contribution < -0.4 is 5.32 Å². The van der Waals surface area contributed by atoms with Crippen molar-refractivity contribution in [2.45, 2.75) is 31.7 Å². The highest BCUT2D eigenvalue weighted by Crippen LogP contribution is 2.38. The van der Waals surface area contributed by atoms with Gasteiger partial charge in [-0.2, -0.15) is 0 Å². The average molecular weight is 221 g/mol. The van der Waals surface area contributed by atoms with E-state index in [1.54, 1.807) is 11.3 Å². The van der Waals surface area contributed by atoms with Crippen molar-refractivity contribution in [1.29, 1.82) is 0 Å². The van der Waals surface area contributed by atoms with Crippen LogP contribution in [0.3, 0.4) is 0 Å². The summed E-state index contributed by atoms with van der Waals surface area (Å²) in [4.78, 5) is 5.69. The molecule has 4 heteroatoms. The molecule has 0 aromatic carbocycles. The molecule has 3 rings (SSSR count). The van der Waals surface area contributed by atoms with Gasteiger partial charge in [0, 0.05) is 29.2 Å². The lowest BCUT2D eigenvalue weighted by molar-refractivity contribution is 0.539. The third-order valence-electron chi connectivity index (χ3n) is 3.45. The fourth-order valence-corrected chi connectivity index (χ4v) is 2.92. The Labute approximate surface area is 93.1 Å². The minimum Gasteiger partial charge on any atom is -0.314 e. The Bertz CT molecular complexity index is 493. The van der Waals surface area contributed by atoms with Crippen LogP contribution in [0.1, 0.15) is 24.2 Å². The van der Waals surface area contributed by atoms with Gasteiger partial charge in [-0.15, -0.1) is 11.3 Å². The highest BCUT2D eigenvalue weighted by atomic mass is 32.1. The molecule has 15 heavy (non-hydrogen) atoms. The topological polar surface area (TPSA) is 29.3 Å². The van der Waals surface area contributed by atoms with Crippen molar-refractivity contribution in [3.8, 4) is 0 Å². The minimum absolute atomic E-state index is 0.364. The molecule has 1 aliphatic rings. The largest absolute Gasteiger partial charge is 0.314 e. The highest BCUT2D eigenvalue weighted by molar-refractivity contribution is 7.15. The van der Waals surface area contributed by atoms with Gasteiger partial charge in [-0.25, -0.2) is 4.98 Å². The summed E-state index contributed by atoms with van der Waals surface area (Å²) in [5, 5.41) is 5.54. The van der Waals surface area contributed by atoms with E-state index in [2.05, 4.69) is 40.2 Å². The summed E-state index contributed by atoms with van der Waals surface area (Å²) in [6.45, 7) is 2.11. The highest BCUT2D eigenvalue weighted by Gasteiger charge is 2.42. The fraction of sp³-hybridized carbons (Fsp3) is 0.545. The van der Waals surface area contributed by atoms with Crippen LogP contribution >= 0.6 is 11.3 Å². The molecule has 0 bridgehead atoms. The summed E-state index contributed by atoms with van der Waals surface area (Å²) in [5.74, 6) is 0. The number of nitrogens with zero attached hydrogens (tertiary/aromatic N) is 2. The maximum atomic E-state index is 4.57. The Hall–Kier alpha value is -0.870. The van der Waals surface area contributed by atoms with E-state index in [0.717, 1.165) is 11.4 Å².